The highest BCUT2D eigenvalue weighted by Gasteiger charge is 2.30. The molecular formula is C15H15N3O4S. The Kier molecular flexibility index (Phi) is 3.83. The van der Waals surface area contributed by atoms with Crippen LogP contribution in [0.25, 0.3) is 0 Å². The molecule has 3 N–H and O–H groups in total. The summed E-state index contributed by atoms with van der Waals surface area (Å²) in [5.74, 6) is -0.671. The zero-order valence-corrected chi connectivity index (χ0v) is 12.9. The molecule has 1 aromatic heterocycles. The average molecular weight is 333 g/mol. The molecular weight excluding hydrogens is 318 g/mol. The van der Waals surface area contributed by atoms with Crippen LogP contribution in [0.2, 0.25) is 0 Å². The predicted molar refractivity (Wildman–Crippen MR) is 85.0 cm³/mol. The first kappa shape index (κ1) is 15.2. The van der Waals surface area contributed by atoms with Crippen LogP contribution < -0.4 is 9.03 Å². The molecule has 2 aromatic rings. The second-order valence-electron chi connectivity index (χ2n) is 5.10. The van der Waals surface area contributed by atoms with E-state index in [-0.39, 0.29) is 11.4 Å². The zero-order valence-electron chi connectivity index (χ0n) is 12.0. The molecule has 1 aliphatic rings. The van der Waals surface area contributed by atoms with Gasteiger partial charge < -0.3 is 10.2 Å². The largest absolute Gasteiger partial charge is 0.506 e. The molecule has 1 aromatic carbocycles. The van der Waals surface area contributed by atoms with Crippen LogP contribution in [-0.2, 0) is 23.1 Å². The monoisotopic (exact) mass is 333 g/mol. The lowest BCUT2D eigenvalue weighted by molar-refractivity contribution is 0.392. The summed E-state index contributed by atoms with van der Waals surface area (Å²) in [5, 5.41) is 19.4. The van der Waals surface area contributed by atoms with E-state index in [1.54, 1.807) is 18.5 Å². The minimum absolute atomic E-state index is 0.0756. The molecule has 0 amide bonds. The van der Waals surface area contributed by atoms with Crippen molar-refractivity contribution in [1.29, 1.82) is 0 Å². The first-order valence-corrected chi connectivity index (χ1v) is 8.33. The van der Waals surface area contributed by atoms with Crippen molar-refractivity contribution in [3.05, 3.63) is 65.9 Å². The lowest BCUT2D eigenvalue weighted by Gasteiger charge is -2.16. The van der Waals surface area contributed by atoms with E-state index in [1.807, 2.05) is 16.9 Å². The highest BCUT2D eigenvalue weighted by atomic mass is 32.2. The number of aryl methyl sites for hydroxylation is 2. The minimum Gasteiger partial charge on any atom is -0.506 e. The molecule has 120 valence electrons. The summed E-state index contributed by atoms with van der Waals surface area (Å²) in [6, 6.07) is 8.59. The van der Waals surface area contributed by atoms with Gasteiger partial charge in [-0.25, -0.2) is 9.03 Å². The molecule has 0 bridgehead atoms. The molecule has 0 fully saturated rings. The van der Waals surface area contributed by atoms with Crippen LogP contribution in [-0.4, -0.2) is 23.6 Å². The molecule has 2 heterocycles. The van der Waals surface area contributed by atoms with Crippen molar-refractivity contribution in [2.45, 2.75) is 12.8 Å². The van der Waals surface area contributed by atoms with Gasteiger partial charge in [0.25, 0.3) is 0 Å². The van der Waals surface area contributed by atoms with Gasteiger partial charge >= 0.3 is 10.2 Å². The summed E-state index contributed by atoms with van der Waals surface area (Å²) in [6.45, 7) is 0. The molecule has 0 saturated carbocycles. The van der Waals surface area contributed by atoms with E-state index in [2.05, 4.69) is 4.98 Å². The maximum absolute atomic E-state index is 11.8. The highest BCUT2D eigenvalue weighted by molar-refractivity contribution is 7.91. The molecule has 8 heteroatoms. The van der Waals surface area contributed by atoms with Crippen LogP contribution in [0.15, 0.2) is 54.8 Å². The second kappa shape index (κ2) is 5.81. The standard InChI is InChI=1S/C15H15N3O4S/c19-14-8-11(3-4-12-2-1-7-16-9-12)5-6-13(14)18-10-15(20)17-23(18,21)22/h1-2,5-10,17,19-20H,3-4H2. The van der Waals surface area contributed by atoms with Gasteiger partial charge in [0.05, 0.1) is 6.20 Å². The topological polar surface area (TPSA) is 103 Å². The smallest absolute Gasteiger partial charge is 0.330 e. The average Bonchev–Trinajstić information content (AvgIpc) is 2.79. The van der Waals surface area contributed by atoms with Crippen LogP contribution in [0.1, 0.15) is 11.1 Å². The second-order valence-corrected chi connectivity index (χ2v) is 6.65. The van der Waals surface area contributed by atoms with Crippen molar-refractivity contribution in [3.8, 4) is 5.75 Å². The Bertz CT molecular complexity index is 850. The maximum Gasteiger partial charge on any atom is 0.330 e. The van der Waals surface area contributed by atoms with Gasteiger partial charge in [-0.1, -0.05) is 12.1 Å². The Hall–Kier alpha value is -2.74. The minimum atomic E-state index is -3.91. The Morgan fingerprint density at radius 1 is 1.13 bits per heavy atom. The van der Waals surface area contributed by atoms with Gasteiger partial charge in [-0.05, 0) is 42.2 Å². The molecule has 0 unspecified atom stereocenters. The van der Waals surface area contributed by atoms with Gasteiger partial charge in [-0.15, -0.1) is 0 Å². The van der Waals surface area contributed by atoms with Crippen molar-refractivity contribution in [2.75, 3.05) is 4.31 Å². The Morgan fingerprint density at radius 2 is 1.91 bits per heavy atom. The Morgan fingerprint density at radius 3 is 2.52 bits per heavy atom. The highest BCUT2D eigenvalue weighted by Crippen LogP contribution is 2.32. The summed E-state index contributed by atoms with van der Waals surface area (Å²) in [4.78, 5) is 4.04. The number of aliphatic hydroxyl groups is 1. The fraction of sp³-hybridized carbons (Fsp3) is 0.133. The molecule has 0 spiro atoms. The van der Waals surface area contributed by atoms with Crippen molar-refractivity contribution >= 4 is 15.9 Å². The first-order chi connectivity index (χ1) is 11.0. The van der Waals surface area contributed by atoms with Crippen LogP contribution in [0.4, 0.5) is 5.69 Å². The number of benzene rings is 1. The zero-order chi connectivity index (χ0) is 16.4. The number of phenolic OH excluding ortho intramolecular Hbond substituents is 1. The van der Waals surface area contributed by atoms with E-state index >= 15 is 0 Å². The van der Waals surface area contributed by atoms with E-state index in [0.29, 0.717) is 6.42 Å². The molecule has 0 atom stereocenters. The number of rotatable bonds is 4. The predicted octanol–water partition coefficient (Wildman–Crippen LogP) is 1.58. The summed E-state index contributed by atoms with van der Waals surface area (Å²) in [7, 11) is -3.91. The molecule has 0 radical (unpaired) electrons. The number of phenols is 1. The summed E-state index contributed by atoms with van der Waals surface area (Å²) >= 11 is 0. The molecule has 7 nitrogen and oxygen atoms in total. The number of pyridine rings is 1. The summed E-state index contributed by atoms with van der Waals surface area (Å²) < 4.78 is 26.3. The number of aromatic nitrogens is 1. The van der Waals surface area contributed by atoms with Crippen LogP contribution >= 0.6 is 0 Å². The summed E-state index contributed by atoms with van der Waals surface area (Å²) in [6.07, 6.45) is 5.93. The SMILES string of the molecule is O=S1(=O)NC(O)=CN1c1ccc(CCc2cccnc2)cc1O. The number of hydrogen-bond donors (Lipinski definition) is 3. The van der Waals surface area contributed by atoms with Crippen molar-refractivity contribution < 1.29 is 18.6 Å². The maximum atomic E-state index is 11.8. The van der Waals surface area contributed by atoms with E-state index < -0.39 is 16.1 Å². The molecule has 3 rings (SSSR count). The van der Waals surface area contributed by atoms with Gasteiger partial charge in [0.1, 0.15) is 11.4 Å². The van der Waals surface area contributed by atoms with E-state index in [9.17, 15) is 18.6 Å². The number of hydrogen-bond acceptors (Lipinski definition) is 5. The van der Waals surface area contributed by atoms with Crippen molar-refractivity contribution in [2.24, 2.45) is 0 Å². The fourth-order valence-corrected chi connectivity index (χ4v) is 3.40. The van der Waals surface area contributed by atoms with Gasteiger partial charge in [-0.2, -0.15) is 8.42 Å². The third-order valence-electron chi connectivity index (χ3n) is 3.43. The molecule has 23 heavy (non-hydrogen) atoms. The van der Waals surface area contributed by atoms with Crippen LogP contribution in [0.5, 0.6) is 5.75 Å². The van der Waals surface area contributed by atoms with Crippen molar-refractivity contribution in [1.82, 2.24) is 9.71 Å². The first-order valence-electron chi connectivity index (χ1n) is 6.89. The molecule has 1 aliphatic heterocycles. The van der Waals surface area contributed by atoms with E-state index in [1.165, 1.54) is 12.1 Å². The van der Waals surface area contributed by atoms with Gasteiger partial charge in [0, 0.05) is 12.4 Å². The van der Waals surface area contributed by atoms with Crippen LogP contribution in [0, 0.1) is 0 Å². The summed E-state index contributed by atoms with van der Waals surface area (Å²) in [5.41, 5.74) is 2.02. The van der Waals surface area contributed by atoms with Crippen molar-refractivity contribution in [3.63, 3.8) is 0 Å². The van der Waals surface area contributed by atoms with Gasteiger partial charge in [0.2, 0.25) is 5.88 Å². The normalized spacial score (nSPS) is 16.0. The third-order valence-corrected chi connectivity index (χ3v) is 4.72. The number of aromatic hydroxyl groups is 1. The number of aliphatic hydroxyl groups excluding tert-OH is 1. The number of anilines is 1. The fourth-order valence-electron chi connectivity index (χ4n) is 2.33. The van der Waals surface area contributed by atoms with Crippen LogP contribution in [0.3, 0.4) is 0 Å². The number of nitrogens with zero attached hydrogens (tertiary/aromatic N) is 2. The molecule has 0 aliphatic carbocycles. The lowest BCUT2D eigenvalue weighted by Crippen LogP contribution is -2.29. The van der Waals surface area contributed by atoms with Gasteiger partial charge in [0.15, 0.2) is 0 Å². The van der Waals surface area contributed by atoms with Gasteiger partial charge in [-0.3, -0.25) is 4.98 Å². The third kappa shape index (κ3) is 3.21. The Labute approximate surface area is 133 Å². The Balaban J connectivity index is 1.79. The van der Waals surface area contributed by atoms with E-state index in [4.69, 9.17) is 0 Å². The number of nitrogens with one attached hydrogen (secondary N) is 1. The molecule has 0 saturated heterocycles. The quantitative estimate of drug-likeness (QED) is 0.788. The lowest BCUT2D eigenvalue weighted by atomic mass is 10.1. The van der Waals surface area contributed by atoms with E-state index in [0.717, 1.165) is 28.1 Å².